The maximum Gasteiger partial charge on any atom is 0.236 e. The molecule has 1 aromatic carbocycles. The van der Waals surface area contributed by atoms with Gasteiger partial charge in [-0.1, -0.05) is 31.0 Å². The third kappa shape index (κ3) is 4.21. The Labute approximate surface area is 157 Å². The fourth-order valence-electron chi connectivity index (χ4n) is 4.70. The summed E-state index contributed by atoms with van der Waals surface area (Å²) in [6, 6.07) is 11.4. The third-order valence-corrected chi connectivity index (χ3v) is 6.36. The van der Waals surface area contributed by atoms with E-state index in [0.29, 0.717) is 12.5 Å². The first-order valence-electron chi connectivity index (χ1n) is 10.3. The summed E-state index contributed by atoms with van der Waals surface area (Å²) in [7, 11) is 0. The van der Waals surface area contributed by atoms with E-state index in [1.807, 2.05) is 0 Å². The van der Waals surface area contributed by atoms with Gasteiger partial charge in [0.25, 0.3) is 0 Å². The molecular formula is C21H32N4O. The second-order valence-electron chi connectivity index (χ2n) is 7.95. The number of anilines is 1. The van der Waals surface area contributed by atoms with Crippen LogP contribution in [0.1, 0.15) is 25.7 Å². The molecule has 1 aliphatic carbocycles. The molecule has 142 valence electrons. The van der Waals surface area contributed by atoms with Crippen LogP contribution in [0.3, 0.4) is 0 Å². The molecule has 1 aromatic rings. The van der Waals surface area contributed by atoms with Crippen molar-refractivity contribution in [3.63, 3.8) is 0 Å². The molecule has 3 fully saturated rings. The van der Waals surface area contributed by atoms with Crippen LogP contribution in [0.25, 0.3) is 0 Å². The predicted molar refractivity (Wildman–Crippen MR) is 106 cm³/mol. The SMILES string of the molecule is O=C(CN1CCN(c2ccccc2)CC1)N1CCN(C2CCCC2)CC1. The topological polar surface area (TPSA) is 30.0 Å². The highest BCUT2D eigenvalue weighted by Gasteiger charge is 2.28. The van der Waals surface area contributed by atoms with Crippen LogP contribution in [0, 0.1) is 0 Å². The van der Waals surface area contributed by atoms with Gasteiger partial charge in [-0.05, 0) is 25.0 Å². The minimum absolute atomic E-state index is 0.323. The van der Waals surface area contributed by atoms with Crippen molar-refractivity contribution in [2.45, 2.75) is 31.7 Å². The minimum Gasteiger partial charge on any atom is -0.369 e. The molecule has 0 N–H and O–H groups in total. The molecule has 26 heavy (non-hydrogen) atoms. The molecule has 3 aliphatic rings. The zero-order valence-corrected chi connectivity index (χ0v) is 15.9. The van der Waals surface area contributed by atoms with Gasteiger partial charge in [-0.25, -0.2) is 0 Å². The van der Waals surface area contributed by atoms with Crippen LogP contribution in [0.4, 0.5) is 5.69 Å². The van der Waals surface area contributed by atoms with Gasteiger partial charge < -0.3 is 9.80 Å². The number of hydrogen-bond acceptors (Lipinski definition) is 4. The first-order valence-corrected chi connectivity index (χ1v) is 10.3. The summed E-state index contributed by atoms with van der Waals surface area (Å²) in [5.74, 6) is 0.323. The van der Waals surface area contributed by atoms with Crippen molar-refractivity contribution < 1.29 is 4.79 Å². The van der Waals surface area contributed by atoms with Crippen LogP contribution in [-0.4, -0.2) is 85.6 Å². The second-order valence-corrected chi connectivity index (χ2v) is 7.95. The lowest BCUT2D eigenvalue weighted by Crippen LogP contribution is -2.55. The summed E-state index contributed by atoms with van der Waals surface area (Å²) in [5.41, 5.74) is 1.29. The standard InChI is InChI=1S/C21H32N4O/c26-21(25-16-14-24(15-17-25)20-8-4-5-9-20)18-22-10-12-23(13-11-22)19-6-2-1-3-7-19/h1-3,6-7,20H,4-5,8-18H2. The minimum atomic E-state index is 0.323. The third-order valence-electron chi connectivity index (χ3n) is 6.36. The van der Waals surface area contributed by atoms with E-state index in [-0.39, 0.29) is 0 Å². The van der Waals surface area contributed by atoms with E-state index < -0.39 is 0 Å². The zero-order valence-electron chi connectivity index (χ0n) is 15.9. The van der Waals surface area contributed by atoms with Crippen LogP contribution in [-0.2, 0) is 4.79 Å². The monoisotopic (exact) mass is 356 g/mol. The Morgan fingerprint density at radius 3 is 2.15 bits per heavy atom. The van der Waals surface area contributed by atoms with Crippen LogP contribution in [0.5, 0.6) is 0 Å². The lowest BCUT2D eigenvalue weighted by molar-refractivity contribution is -0.134. The predicted octanol–water partition coefficient (Wildman–Crippen LogP) is 1.90. The number of carbonyl (C=O) groups excluding carboxylic acids is 1. The molecule has 0 aromatic heterocycles. The molecule has 4 rings (SSSR count). The number of hydrogen-bond donors (Lipinski definition) is 0. The van der Waals surface area contributed by atoms with Crippen molar-refractivity contribution in [1.29, 1.82) is 0 Å². The molecule has 1 saturated carbocycles. The lowest BCUT2D eigenvalue weighted by atomic mass is 10.2. The van der Waals surface area contributed by atoms with Gasteiger partial charge >= 0.3 is 0 Å². The Balaban J connectivity index is 1.20. The highest BCUT2D eigenvalue weighted by atomic mass is 16.2. The normalized spacial score (nSPS) is 23.5. The first-order chi connectivity index (χ1) is 12.8. The second kappa shape index (κ2) is 8.40. The largest absolute Gasteiger partial charge is 0.369 e. The van der Waals surface area contributed by atoms with E-state index in [1.165, 1.54) is 31.4 Å². The van der Waals surface area contributed by atoms with Crippen molar-refractivity contribution in [2.75, 3.05) is 63.8 Å². The molecule has 0 radical (unpaired) electrons. The van der Waals surface area contributed by atoms with Gasteiger partial charge in [0, 0.05) is 64.1 Å². The summed E-state index contributed by atoms with van der Waals surface area (Å²) in [6.45, 7) is 8.52. The van der Waals surface area contributed by atoms with Gasteiger partial charge in [0.2, 0.25) is 5.91 Å². The number of piperazine rings is 2. The molecular weight excluding hydrogens is 324 g/mol. The molecule has 0 unspecified atom stereocenters. The number of amides is 1. The maximum atomic E-state index is 12.7. The molecule has 2 saturated heterocycles. The van der Waals surface area contributed by atoms with E-state index in [2.05, 4.69) is 49.9 Å². The molecule has 0 bridgehead atoms. The molecule has 2 aliphatic heterocycles. The maximum absolute atomic E-state index is 12.7. The van der Waals surface area contributed by atoms with Gasteiger partial charge in [0.05, 0.1) is 6.54 Å². The highest BCUT2D eigenvalue weighted by Crippen LogP contribution is 2.24. The van der Waals surface area contributed by atoms with Gasteiger partial charge in [-0.2, -0.15) is 0 Å². The van der Waals surface area contributed by atoms with Crippen molar-refractivity contribution in [3.8, 4) is 0 Å². The van der Waals surface area contributed by atoms with Crippen molar-refractivity contribution in [2.24, 2.45) is 0 Å². The Bertz CT molecular complexity index is 571. The molecule has 1 amide bonds. The first kappa shape index (κ1) is 17.8. The zero-order chi connectivity index (χ0) is 17.8. The van der Waals surface area contributed by atoms with Gasteiger partial charge in [0.1, 0.15) is 0 Å². The van der Waals surface area contributed by atoms with E-state index in [4.69, 9.17) is 0 Å². The van der Waals surface area contributed by atoms with Crippen LogP contribution in [0.15, 0.2) is 30.3 Å². The summed E-state index contributed by atoms with van der Waals surface area (Å²) in [6.07, 6.45) is 5.50. The number of benzene rings is 1. The smallest absolute Gasteiger partial charge is 0.236 e. The molecule has 5 nitrogen and oxygen atoms in total. The highest BCUT2D eigenvalue weighted by molar-refractivity contribution is 5.78. The van der Waals surface area contributed by atoms with Crippen molar-refractivity contribution in [3.05, 3.63) is 30.3 Å². The van der Waals surface area contributed by atoms with Crippen molar-refractivity contribution in [1.82, 2.24) is 14.7 Å². The van der Waals surface area contributed by atoms with E-state index >= 15 is 0 Å². The molecule has 2 heterocycles. The molecule has 5 heteroatoms. The fourth-order valence-corrected chi connectivity index (χ4v) is 4.70. The van der Waals surface area contributed by atoms with E-state index in [1.54, 1.807) is 0 Å². The fraction of sp³-hybridized carbons (Fsp3) is 0.667. The summed E-state index contributed by atoms with van der Waals surface area (Å²) >= 11 is 0. The Morgan fingerprint density at radius 1 is 0.846 bits per heavy atom. The average molecular weight is 357 g/mol. The van der Waals surface area contributed by atoms with Crippen LogP contribution >= 0.6 is 0 Å². The molecule has 0 atom stereocenters. The Morgan fingerprint density at radius 2 is 1.50 bits per heavy atom. The number of carbonyl (C=O) groups is 1. The number of nitrogens with zero attached hydrogens (tertiary/aromatic N) is 4. The van der Waals surface area contributed by atoms with Crippen LogP contribution in [0.2, 0.25) is 0 Å². The van der Waals surface area contributed by atoms with Crippen LogP contribution < -0.4 is 4.90 Å². The van der Waals surface area contributed by atoms with E-state index in [0.717, 1.165) is 58.4 Å². The van der Waals surface area contributed by atoms with Gasteiger partial charge in [-0.3, -0.25) is 14.6 Å². The number of rotatable bonds is 4. The molecule has 0 spiro atoms. The average Bonchev–Trinajstić information content (AvgIpc) is 3.24. The van der Waals surface area contributed by atoms with E-state index in [9.17, 15) is 4.79 Å². The quantitative estimate of drug-likeness (QED) is 0.824. The summed E-state index contributed by atoms with van der Waals surface area (Å²) in [5, 5.41) is 0. The lowest BCUT2D eigenvalue weighted by Gasteiger charge is -2.40. The Kier molecular flexibility index (Phi) is 5.75. The number of para-hydroxylation sites is 1. The Hall–Kier alpha value is -1.59. The van der Waals surface area contributed by atoms with Gasteiger partial charge in [0.15, 0.2) is 0 Å². The van der Waals surface area contributed by atoms with Gasteiger partial charge in [-0.15, -0.1) is 0 Å². The summed E-state index contributed by atoms with van der Waals surface area (Å²) < 4.78 is 0. The summed E-state index contributed by atoms with van der Waals surface area (Å²) in [4.78, 5) is 22.2. The van der Waals surface area contributed by atoms with Crippen molar-refractivity contribution >= 4 is 11.6 Å².